The number of esters is 1. The quantitative estimate of drug-likeness (QED) is 0.201. The molecule has 1 aromatic carbocycles. The molecule has 3 rings (SSSR count). The molecule has 36 heavy (non-hydrogen) atoms. The fourth-order valence-electron chi connectivity index (χ4n) is 6.68. The highest BCUT2D eigenvalue weighted by Crippen LogP contribution is 2.39. The van der Waals surface area contributed by atoms with Crippen molar-refractivity contribution in [2.75, 3.05) is 7.11 Å². The van der Waals surface area contributed by atoms with Crippen molar-refractivity contribution in [3.63, 3.8) is 0 Å². The molecule has 3 N–H and O–H groups in total. The number of hydrogen-bond donors (Lipinski definition) is 3. The molecule has 2 saturated heterocycles. The number of carbonyl (C=O) groups is 1. The summed E-state index contributed by atoms with van der Waals surface area (Å²) in [6.45, 7) is 17.1. The van der Waals surface area contributed by atoms with Gasteiger partial charge in [-0.05, 0) is 97.9 Å². The van der Waals surface area contributed by atoms with Gasteiger partial charge in [0.1, 0.15) is 18.0 Å². The lowest BCUT2D eigenvalue weighted by Gasteiger charge is -2.48. The van der Waals surface area contributed by atoms with Gasteiger partial charge < -0.3 is 20.1 Å². The van der Waals surface area contributed by atoms with Crippen LogP contribution in [0, 0.1) is 5.92 Å². The Hall–Kier alpha value is -1.93. The van der Waals surface area contributed by atoms with Crippen LogP contribution in [0.2, 0.25) is 0 Å². The summed E-state index contributed by atoms with van der Waals surface area (Å²) in [5.41, 5.74) is 0.451. The predicted molar refractivity (Wildman–Crippen MR) is 143 cm³/mol. The average Bonchev–Trinajstić information content (AvgIpc) is 2.69. The third-order valence-corrected chi connectivity index (χ3v) is 7.17. The molecule has 2 aliphatic rings. The molecular formula is C29H46N2O5. The topological polar surface area (TPSA) is 89.1 Å². The second-order valence-corrected chi connectivity index (χ2v) is 13.3. The second-order valence-electron chi connectivity index (χ2n) is 13.3. The minimum atomic E-state index is -0.817. The Morgan fingerprint density at radius 3 is 1.81 bits per heavy atom. The molecule has 2 heterocycles. The van der Waals surface area contributed by atoms with Crippen LogP contribution in [-0.4, -0.2) is 52.7 Å². The van der Waals surface area contributed by atoms with E-state index in [2.05, 4.69) is 66.0 Å². The molecule has 202 valence electrons. The molecule has 0 saturated carbocycles. The highest BCUT2D eigenvalue weighted by atomic mass is 17.1. The number of nitrogens with one attached hydrogen (secondary N) is 2. The van der Waals surface area contributed by atoms with E-state index in [1.165, 1.54) is 0 Å². The van der Waals surface area contributed by atoms with Crippen molar-refractivity contribution in [2.45, 2.75) is 115 Å². The van der Waals surface area contributed by atoms with Crippen molar-refractivity contribution in [1.82, 2.24) is 10.6 Å². The van der Waals surface area contributed by atoms with Crippen molar-refractivity contribution in [3.05, 3.63) is 35.4 Å². The van der Waals surface area contributed by atoms with Gasteiger partial charge in [0.25, 0.3) is 0 Å². The van der Waals surface area contributed by atoms with Gasteiger partial charge in [-0.3, -0.25) is 5.26 Å². The fraction of sp³-hybridized carbons (Fsp3) is 0.690. The number of ether oxygens (including phenoxy) is 2. The zero-order chi connectivity index (χ0) is 26.9. The molecule has 0 amide bonds. The second kappa shape index (κ2) is 10.4. The van der Waals surface area contributed by atoms with E-state index in [1.54, 1.807) is 13.2 Å². The summed E-state index contributed by atoms with van der Waals surface area (Å²) in [4.78, 5) is 18.9. The van der Waals surface area contributed by atoms with Gasteiger partial charge in [-0.1, -0.05) is 12.1 Å². The Morgan fingerprint density at radius 1 is 0.889 bits per heavy atom. The molecule has 1 atom stereocenters. The van der Waals surface area contributed by atoms with Crippen LogP contribution in [0.15, 0.2) is 29.8 Å². The third-order valence-electron chi connectivity index (χ3n) is 7.17. The highest BCUT2D eigenvalue weighted by molar-refractivity contribution is 5.95. The summed E-state index contributed by atoms with van der Waals surface area (Å²) in [6, 6.07) is 7.46. The van der Waals surface area contributed by atoms with Crippen LogP contribution < -0.4 is 15.4 Å². The molecule has 0 radical (unpaired) electrons. The largest absolute Gasteiger partial charge is 0.497 e. The first kappa shape index (κ1) is 28.6. The Morgan fingerprint density at radius 2 is 1.36 bits per heavy atom. The Kier molecular flexibility index (Phi) is 8.31. The molecule has 2 fully saturated rings. The van der Waals surface area contributed by atoms with Gasteiger partial charge in [0.05, 0.1) is 12.7 Å². The van der Waals surface area contributed by atoms with Crippen molar-refractivity contribution < 1.29 is 24.4 Å². The Balaban J connectivity index is 1.96. The van der Waals surface area contributed by atoms with Gasteiger partial charge in [0.15, 0.2) is 0 Å². The molecule has 2 aliphatic heterocycles. The average molecular weight is 503 g/mol. The summed E-state index contributed by atoms with van der Waals surface area (Å²) in [5.74, 6) is 0.198. The van der Waals surface area contributed by atoms with E-state index in [1.807, 2.05) is 24.3 Å². The Bertz CT molecular complexity index is 917. The first-order chi connectivity index (χ1) is 16.5. The van der Waals surface area contributed by atoms with Crippen molar-refractivity contribution >= 4 is 12.0 Å². The van der Waals surface area contributed by atoms with Gasteiger partial charge in [0.2, 0.25) is 0 Å². The number of piperidine rings is 2. The molecule has 1 unspecified atom stereocenters. The monoisotopic (exact) mass is 502 g/mol. The lowest BCUT2D eigenvalue weighted by molar-refractivity contribution is -0.284. The zero-order valence-electron chi connectivity index (χ0n) is 23.5. The molecule has 7 nitrogen and oxygen atoms in total. The first-order valence-electron chi connectivity index (χ1n) is 13.0. The summed E-state index contributed by atoms with van der Waals surface area (Å²) in [6.07, 6.45) is 3.60. The van der Waals surface area contributed by atoms with E-state index in [0.717, 1.165) is 24.2 Å². The van der Waals surface area contributed by atoms with E-state index in [-0.39, 0.29) is 34.2 Å². The minimum Gasteiger partial charge on any atom is -0.497 e. The molecule has 0 spiro atoms. The lowest BCUT2D eigenvalue weighted by atomic mass is 9.72. The van der Waals surface area contributed by atoms with Gasteiger partial charge in [-0.2, -0.15) is 0 Å². The normalized spacial score (nSPS) is 24.7. The summed E-state index contributed by atoms with van der Waals surface area (Å²) in [5, 5.41) is 17.5. The lowest BCUT2D eigenvalue weighted by Crippen LogP contribution is -2.60. The van der Waals surface area contributed by atoms with Gasteiger partial charge in [0, 0.05) is 35.0 Å². The van der Waals surface area contributed by atoms with E-state index in [4.69, 9.17) is 14.4 Å². The van der Waals surface area contributed by atoms with Crippen LogP contribution in [0.3, 0.4) is 0 Å². The SMILES string of the molecule is COc1ccc(/C=C(\C(=O)OC2CC(C)(C)NC(C)(C)C2)C(OO)C2CC(C)(C)NC(C)(C)C2)cc1. The van der Waals surface area contributed by atoms with Crippen LogP contribution in [-0.2, 0) is 14.4 Å². The van der Waals surface area contributed by atoms with E-state index in [9.17, 15) is 10.1 Å². The van der Waals surface area contributed by atoms with Crippen LogP contribution in [0.25, 0.3) is 6.08 Å². The van der Waals surface area contributed by atoms with Crippen LogP contribution in [0.4, 0.5) is 0 Å². The maximum Gasteiger partial charge on any atom is 0.337 e. The van der Waals surface area contributed by atoms with Crippen molar-refractivity contribution in [1.29, 1.82) is 0 Å². The maximum atomic E-state index is 13.8. The number of benzene rings is 1. The van der Waals surface area contributed by atoms with Crippen molar-refractivity contribution in [2.24, 2.45) is 5.92 Å². The highest BCUT2D eigenvalue weighted by Gasteiger charge is 2.45. The first-order valence-corrected chi connectivity index (χ1v) is 13.0. The number of carbonyl (C=O) groups excluding carboxylic acids is 1. The smallest absolute Gasteiger partial charge is 0.337 e. The molecule has 0 aromatic heterocycles. The number of rotatable bonds is 7. The molecule has 1 aromatic rings. The standard InChI is InChI=1S/C29H46N2O5/c1-26(2)15-20(16-27(3,4)30-26)24(36-33)23(14-19-10-12-21(34-9)13-11-19)25(32)35-22-17-28(5,6)31-29(7,8)18-22/h10-14,20,22,24,30-31,33H,15-18H2,1-9H3/b23-14-. The van der Waals surface area contributed by atoms with Crippen LogP contribution in [0.5, 0.6) is 5.75 Å². The summed E-state index contributed by atoms with van der Waals surface area (Å²) >= 11 is 0. The summed E-state index contributed by atoms with van der Waals surface area (Å²) in [7, 11) is 1.62. The predicted octanol–water partition coefficient (Wildman–Crippen LogP) is 5.35. The molecule has 7 heteroatoms. The molecule has 0 aliphatic carbocycles. The fourth-order valence-corrected chi connectivity index (χ4v) is 6.68. The van der Waals surface area contributed by atoms with Crippen molar-refractivity contribution in [3.8, 4) is 5.75 Å². The number of hydrogen-bond acceptors (Lipinski definition) is 7. The van der Waals surface area contributed by atoms with E-state index >= 15 is 0 Å². The minimum absolute atomic E-state index is 0.0841. The molecular weight excluding hydrogens is 456 g/mol. The maximum absolute atomic E-state index is 13.8. The van der Waals surface area contributed by atoms with Gasteiger partial charge in [-0.15, -0.1) is 0 Å². The summed E-state index contributed by atoms with van der Waals surface area (Å²) < 4.78 is 11.4. The van der Waals surface area contributed by atoms with Gasteiger partial charge >= 0.3 is 5.97 Å². The molecule has 0 bridgehead atoms. The van der Waals surface area contributed by atoms with Crippen LogP contribution >= 0.6 is 0 Å². The van der Waals surface area contributed by atoms with Crippen LogP contribution in [0.1, 0.15) is 86.6 Å². The zero-order valence-corrected chi connectivity index (χ0v) is 23.5. The van der Waals surface area contributed by atoms with E-state index in [0.29, 0.717) is 18.4 Å². The van der Waals surface area contributed by atoms with Gasteiger partial charge in [-0.25, -0.2) is 9.68 Å². The number of methoxy groups -OCH3 is 1. The third kappa shape index (κ3) is 7.54. The Labute approximate surface area is 216 Å². The van der Waals surface area contributed by atoms with E-state index < -0.39 is 12.1 Å².